The number of fused-ring (bicyclic) bond motifs is 1. The van der Waals surface area contributed by atoms with Crippen LogP contribution in [0.2, 0.25) is 0 Å². The van der Waals surface area contributed by atoms with Crippen molar-refractivity contribution >= 4 is 32.6 Å². The van der Waals surface area contributed by atoms with E-state index in [0.717, 1.165) is 21.3 Å². The van der Waals surface area contributed by atoms with Crippen molar-refractivity contribution in [2.24, 2.45) is 0 Å². The molecular weight excluding hydrogens is 336 g/mol. The van der Waals surface area contributed by atoms with Gasteiger partial charge in [0.2, 0.25) is 5.91 Å². The molecule has 2 aromatic carbocycles. The molecule has 0 saturated heterocycles. The zero-order chi connectivity index (χ0) is 17.2. The Labute approximate surface area is 147 Å². The highest BCUT2D eigenvalue weighted by molar-refractivity contribution is 7.22. The number of carbonyl (C=O) groups is 1. The number of amides is 1. The summed E-state index contributed by atoms with van der Waals surface area (Å²) in [5.41, 5.74) is 2.89. The highest BCUT2D eigenvalue weighted by atomic mass is 32.1. The average molecular weight is 350 g/mol. The van der Waals surface area contributed by atoms with E-state index in [1.54, 1.807) is 0 Å². The minimum atomic E-state index is -0.222. The second-order valence-electron chi connectivity index (χ2n) is 5.56. The van der Waals surface area contributed by atoms with Crippen molar-refractivity contribution in [2.75, 3.05) is 5.32 Å². The third-order valence-corrected chi connectivity index (χ3v) is 4.58. The molecule has 0 unspecified atom stereocenters. The number of aromatic nitrogens is 5. The van der Waals surface area contributed by atoms with Gasteiger partial charge < -0.3 is 5.32 Å². The first kappa shape index (κ1) is 15.4. The van der Waals surface area contributed by atoms with Crippen LogP contribution in [-0.4, -0.2) is 31.1 Å². The number of rotatable bonds is 4. The lowest BCUT2D eigenvalue weighted by Crippen LogP contribution is -2.20. The van der Waals surface area contributed by atoms with Gasteiger partial charge in [0.25, 0.3) is 0 Å². The molecule has 0 aliphatic carbocycles. The molecule has 0 radical (unpaired) electrons. The molecule has 25 heavy (non-hydrogen) atoms. The van der Waals surface area contributed by atoms with Crippen molar-refractivity contribution in [3.05, 3.63) is 54.1 Å². The number of aryl methyl sites for hydroxylation is 1. The lowest BCUT2D eigenvalue weighted by molar-refractivity contribution is -0.116. The fraction of sp³-hybridized carbons (Fsp3) is 0.118. The third-order valence-electron chi connectivity index (χ3n) is 3.65. The van der Waals surface area contributed by atoms with Crippen molar-refractivity contribution in [3.8, 4) is 11.4 Å². The number of tetrazole rings is 1. The van der Waals surface area contributed by atoms with Gasteiger partial charge in [0, 0.05) is 5.56 Å². The Kier molecular flexibility index (Phi) is 3.95. The van der Waals surface area contributed by atoms with Gasteiger partial charge in [-0.15, -0.1) is 5.10 Å². The van der Waals surface area contributed by atoms with E-state index in [4.69, 9.17) is 0 Å². The predicted octanol–water partition coefficient (Wildman–Crippen LogP) is 2.90. The molecule has 0 aliphatic heterocycles. The van der Waals surface area contributed by atoms with Gasteiger partial charge in [-0.05, 0) is 35.0 Å². The largest absolute Gasteiger partial charge is 0.300 e. The van der Waals surface area contributed by atoms with Crippen LogP contribution in [0, 0.1) is 6.92 Å². The van der Waals surface area contributed by atoms with Crippen LogP contribution in [0.5, 0.6) is 0 Å². The summed E-state index contributed by atoms with van der Waals surface area (Å²) >= 11 is 1.45. The molecule has 1 N–H and O–H groups in total. The van der Waals surface area contributed by atoms with Crippen molar-refractivity contribution in [2.45, 2.75) is 13.5 Å². The molecule has 8 heteroatoms. The van der Waals surface area contributed by atoms with Gasteiger partial charge in [-0.25, -0.2) is 9.67 Å². The van der Waals surface area contributed by atoms with E-state index in [1.165, 1.54) is 16.0 Å². The molecule has 0 aliphatic rings. The van der Waals surface area contributed by atoms with Gasteiger partial charge in [0.1, 0.15) is 6.54 Å². The van der Waals surface area contributed by atoms with Crippen LogP contribution in [0.1, 0.15) is 5.56 Å². The van der Waals surface area contributed by atoms with Crippen LogP contribution in [0.25, 0.3) is 21.6 Å². The minimum Gasteiger partial charge on any atom is -0.300 e. The van der Waals surface area contributed by atoms with E-state index in [-0.39, 0.29) is 12.5 Å². The van der Waals surface area contributed by atoms with Crippen LogP contribution >= 0.6 is 11.3 Å². The number of hydrogen-bond acceptors (Lipinski definition) is 6. The number of nitrogens with zero attached hydrogens (tertiary/aromatic N) is 5. The van der Waals surface area contributed by atoms with Gasteiger partial charge in [0.05, 0.1) is 10.2 Å². The van der Waals surface area contributed by atoms with E-state index in [2.05, 4.69) is 31.9 Å². The normalized spacial score (nSPS) is 10.9. The van der Waals surface area contributed by atoms with Crippen molar-refractivity contribution < 1.29 is 4.79 Å². The van der Waals surface area contributed by atoms with Gasteiger partial charge >= 0.3 is 0 Å². The number of anilines is 1. The zero-order valence-corrected chi connectivity index (χ0v) is 14.2. The number of carbonyl (C=O) groups excluding carboxylic acids is 1. The monoisotopic (exact) mass is 350 g/mol. The highest BCUT2D eigenvalue weighted by Crippen LogP contribution is 2.26. The number of nitrogens with one attached hydrogen (secondary N) is 1. The smallest absolute Gasteiger partial charge is 0.248 e. The molecule has 0 fully saturated rings. The van der Waals surface area contributed by atoms with E-state index < -0.39 is 0 Å². The van der Waals surface area contributed by atoms with Gasteiger partial charge in [0.15, 0.2) is 11.0 Å². The maximum Gasteiger partial charge on any atom is 0.248 e. The first-order chi connectivity index (χ1) is 12.2. The van der Waals surface area contributed by atoms with Crippen LogP contribution < -0.4 is 5.32 Å². The Bertz CT molecular complexity index is 1040. The number of hydrogen-bond donors (Lipinski definition) is 1. The predicted molar refractivity (Wildman–Crippen MR) is 96.2 cm³/mol. The van der Waals surface area contributed by atoms with E-state index in [9.17, 15) is 4.79 Å². The SMILES string of the molecule is Cc1ccc2nc(NC(=O)Cn3nnnc3-c3ccccc3)sc2c1. The average Bonchev–Trinajstić information content (AvgIpc) is 3.21. The molecule has 0 bridgehead atoms. The number of thiazole rings is 1. The van der Waals surface area contributed by atoms with Crippen LogP contribution in [-0.2, 0) is 11.3 Å². The summed E-state index contributed by atoms with van der Waals surface area (Å²) in [6, 6.07) is 15.5. The molecule has 2 aromatic heterocycles. The molecule has 4 rings (SSSR count). The second-order valence-corrected chi connectivity index (χ2v) is 6.60. The van der Waals surface area contributed by atoms with E-state index in [1.807, 2.05) is 49.4 Å². The quantitative estimate of drug-likeness (QED) is 0.612. The number of benzene rings is 2. The van der Waals surface area contributed by atoms with Crippen LogP contribution in [0.3, 0.4) is 0 Å². The first-order valence-corrected chi connectivity index (χ1v) is 8.49. The second kappa shape index (κ2) is 6.40. The Morgan fingerprint density at radius 3 is 2.88 bits per heavy atom. The Morgan fingerprint density at radius 2 is 2.04 bits per heavy atom. The van der Waals surface area contributed by atoms with Crippen molar-refractivity contribution in [3.63, 3.8) is 0 Å². The topological polar surface area (TPSA) is 85.6 Å². The zero-order valence-electron chi connectivity index (χ0n) is 13.4. The van der Waals surface area contributed by atoms with Crippen molar-refractivity contribution in [1.82, 2.24) is 25.2 Å². The molecule has 4 aromatic rings. The summed E-state index contributed by atoms with van der Waals surface area (Å²) < 4.78 is 2.52. The third kappa shape index (κ3) is 3.24. The molecule has 0 spiro atoms. The molecular formula is C17H14N6OS. The summed E-state index contributed by atoms with van der Waals surface area (Å²) in [6.07, 6.45) is 0. The molecule has 0 atom stereocenters. The summed E-state index contributed by atoms with van der Waals surface area (Å²) in [4.78, 5) is 16.8. The fourth-order valence-electron chi connectivity index (χ4n) is 2.49. The maximum atomic E-state index is 12.3. The standard InChI is InChI=1S/C17H14N6OS/c1-11-7-8-13-14(9-11)25-17(18-13)19-15(24)10-23-16(20-21-22-23)12-5-3-2-4-6-12/h2-9H,10H2,1H3,(H,18,19,24). The molecule has 2 heterocycles. The van der Waals surface area contributed by atoms with Gasteiger partial charge in [-0.1, -0.05) is 47.7 Å². The van der Waals surface area contributed by atoms with Crippen LogP contribution in [0.15, 0.2) is 48.5 Å². The lowest BCUT2D eigenvalue weighted by atomic mass is 10.2. The lowest BCUT2D eigenvalue weighted by Gasteiger charge is -2.04. The summed E-state index contributed by atoms with van der Waals surface area (Å²) in [7, 11) is 0. The highest BCUT2D eigenvalue weighted by Gasteiger charge is 2.13. The first-order valence-electron chi connectivity index (χ1n) is 7.68. The molecule has 124 valence electrons. The molecule has 0 saturated carbocycles. The van der Waals surface area contributed by atoms with E-state index >= 15 is 0 Å². The summed E-state index contributed by atoms with van der Waals surface area (Å²) in [5, 5.41) is 15.0. The van der Waals surface area contributed by atoms with Crippen LogP contribution in [0.4, 0.5) is 5.13 Å². The van der Waals surface area contributed by atoms with E-state index in [0.29, 0.717) is 11.0 Å². The summed E-state index contributed by atoms with van der Waals surface area (Å²) in [5.74, 6) is 0.330. The van der Waals surface area contributed by atoms with Crippen molar-refractivity contribution in [1.29, 1.82) is 0 Å². The summed E-state index contributed by atoms with van der Waals surface area (Å²) in [6.45, 7) is 2.05. The maximum absolute atomic E-state index is 12.3. The van der Waals surface area contributed by atoms with Gasteiger partial charge in [-0.3, -0.25) is 4.79 Å². The Morgan fingerprint density at radius 1 is 1.20 bits per heavy atom. The van der Waals surface area contributed by atoms with Gasteiger partial charge in [-0.2, -0.15) is 0 Å². The Balaban J connectivity index is 1.52. The Hall–Kier alpha value is -3.13. The fourth-order valence-corrected chi connectivity index (χ4v) is 3.47. The minimum absolute atomic E-state index is 0.0200. The molecule has 1 amide bonds. The molecule has 7 nitrogen and oxygen atoms in total.